The second-order valence-corrected chi connectivity index (χ2v) is 5.76. The number of benzene rings is 2. The SMILES string of the molecule is C[C@@H](C(=O)Nc1ccc2c(c1)OCO2)N1C(=O)c2ccccc2C1=O. The molecule has 0 aliphatic carbocycles. The van der Waals surface area contributed by atoms with E-state index in [0.717, 1.165) is 4.90 Å². The van der Waals surface area contributed by atoms with Crippen LogP contribution >= 0.6 is 0 Å². The third-order valence-electron chi connectivity index (χ3n) is 4.23. The van der Waals surface area contributed by atoms with Crippen molar-refractivity contribution in [2.45, 2.75) is 13.0 Å². The topological polar surface area (TPSA) is 84.9 Å². The third-order valence-corrected chi connectivity index (χ3v) is 4.23. The smallest absolute Gasteiger partial charge is 0.262 e. The van der Waals surface area contributed by atoms with Gasteiger partial charge in [0.05, 0.1) is 11.1 Å². The molecule has 2 aromatic rings. The molecule has 2 aliphatic rings. The summed E-state index contributed by atoms with van der Waals surface area (Å²) in [6.45, 7) is 1.65. The van der Waals surface area contributed by atoms with E-state index >= 15 is 0 Å². The van der Waals surface area contributed by atoms with E-state index in [1.165, 1.54) is 6.92 Å². The van der Waals surface area contributed by atoms with Crippen molar-refractivity contribution in [3.63, 3.8) is 0 Å². The number of anilines is 1. The van der Waals surface area contributed by atoms with Gasteiger partial charge in [0.2, 0.25) is 12.7 Å². The molecule has 7 nitrogen and oxygen atoms in total. The van der Waals surface area contributed by atoms with Crippen molar-refractivity contribution in [3.05, 3.63) is 53.6 Å². The first-order chi connectivity index (χ1) is 12.1. The summed E-state index contributed by atoms with van der Waals surface area (Å²) >= 11 is 0. The van der Waals surface area contributed by atoms with Crippen molar-refractivity contribution < 1.29 is 23.9 Å². The van der Waals surface area contributed by atoms with Crippen LogP contribution in [0.3, 0.4) is 0 Å². The standard InChI is InChI=1S/C18H14N2O5/c1-10(20-17(22)12-4-2-3-5-13(12)18(20)23)16(21)19-11-6-7-14-15(8-11)25-9-24-14/h2-8,10H,9H2,1H3,(H,19,21)/t10-/m0/s1. The minimum Gasteiger partial charge on any atom is -0.454 e. The van der Waals surface area contributed by atoms with E-state index in [4.69, 9.17) is 9.47 Å². The Kier molecular flexibility index (Phi) is 3.42. The van der Waals surface area contributed by atoms with Crippen LogP contribution in [0.15, 0.2) is 42.5 Å². The zero-order valence-electron chi connectivity index (χ0n) is 13.3. The fourth-order valence-electron chi connectivity index (χ4n) is 2.90. The van der Waals surface area contributed by atoms with Crippen molar-refractivity contribution in [1.29, 1.82) is 0 Å². The zero-order valence-corrected chi connectivity index (χ0v) is 13.3. The van der Waals surface area contributed by atoms with Crippen LogP contribution in [0.25, 0.3) is 0 Å². The molecule has 0 saturated heterocycles. The number of hydrogen-bond acceptors (Lipinski definition) is 5. The highest BCUT2D eigenvalue weighted by Gasteiger charge is 2.40. The van der Waals surface area contributed by atoms with Gasteiger partial charge in [-0.3, -0.25) is 19.3 Å². The second kappa shape index (κ2) is 5.62. The van der Waals surface area contributed by atoms with Gasteiger partial charge in [-0.1, -0.05) is 12.1 Å². The summed E-state index contributed by atoms with van der Waals surface area (Å²) in [6, 6.07) is 10.6. The van der Waals surface area contributed by atoms with Crippen molar-refractivity contribution in [2.75, 3.05) is 12.1 Å². The summed E-state index contributed by atoms with van der Waals surface area (Å²) in [5.74, 6) is -0.256. The number of ether oxygens (including phenoxy) is 2. The molecule has 0 saturated carbocycles. The van der Waals surface area contributed by atoms with Crippen LogP contribution in [0.5, 0.6) is 11.5 Å². The molecule has 7 heteroatoms. The molecule has 126 valence electrons. The van der Waals surface area contributed by atoms with Crippen molar-refractivity contribution in [2.24, 2.45) is 0 Å². The number of carbonyl (C=O) groups excluding carboxylic acids is 3. The van der Waals surface area contributed by atoms with Gasteiger partial charge >= 0.3 is 0 Å². The van der Waals surface area contributed by atoms with E-state index in [1.807, 2.05) is 0 Å². The third kappa shape index (κ3) is 2.40. The van der Waals surface area contributed by atoms with Crippen LogP contribution in [0, 0.1) is 0 Å². The maximum absolute atomic E-state index is 12.5. The van der Waals surface area contributed by atoms with Gasteiger partial charge in [-0.15, -0.1) is 0 Å². The maximum Gasteiger partial charge on any atom is 0.262 e. The molecule has 25 heavy (non-hydrogen) atoms. The van der Waals surface area contributed by atoms with Gasteiger partial charge < -0.3 is 14.8 Å². The van der Waals surface area contributed by atoms with Gasteiger partial charge in [0.25, 0.3) is 11.8 Å². The molecule has 0 spiro atoms. The average molecular weight is 338 g/mol. The molecule has 4 rings (SSSR count). The molecule has 2 aliphatic heterocycles. The number of imide groups is 1. The largest absolute Gasteiger partial charge is 0.454 e. The van der Waals surface area contributed by atoms with Crippen molar-refractivity contribution in [3.8, 4) is 11.5 Å². The molecular weight excluding hydrogens is 324 g/mol. The predicted octanol–water partition coefficient (Wildman–Crippen LogP) is 2.04. The summed E-state index contributed by atoms with van der Waals surface area (Å²) < 4.78 is 10.5. The van der Waals surface area contributed by atoms with Gasteiger partial charge in [-0.25, -0.2) is 0 Å². The lowest BCUT2D eigenvalue weighted by Crippen LogP contribution is -2.45. The molecule has 0 unspecified atom stereocenters. The molecular formula is C18H14N2O5. The number of fused-ring (bicyclic) bond motifs is 2. The van der Waals surface area contributed by atoms with Gasteiger partial charge in [0, 0.05) is 11.8 Å². The van der Waals surface area contributed by atoms with Gasteiger partial charge in [-0.05, 0) is 31.2 Å². The Bertz CT molecular complexity index is 873. The van der Waals surface area contributed by atoms with Crippen molar-refractivity contribution >= 4 is 23.4 Å². The minimum absolute atomic E-state index is 0.137. The second-order valence-electron chi connectivity index (χ2n) is 5.76. The number of nitrogens with one attached hydrogen (secondary N) is 1. The first-order valence-corrected chi connectivity index (χ1v) is 7.73. The van der Waals surface area contributed by atoms with E-state index in [1.54, 1.807) is 42.5 Å². The Balaban J connectivity index is 1.53. The van der Waals surface area contributed by atoms with Gasteiger partial charge in [0.15, 0.2) is 11.5 Å². The summed E-state index contributed by atoms with van der Waals surface area (Å²) in [4.78, 5) is 38.4. The highest BCUT2D eigenvalue weighted by Crippen LogP contribution is 2.34. The summed E-state index contributed by atoms with van der Waals surface area (Å²) in [5.41, 5.74) is 1.13. The van der Waals surface area contributed by atoms with Crippen LogP contribution in [-0.4, -0.2) is 35.5 Å². The fourth-order valence-corrected chi connectivity index (χ4v) is 2.90. The maximum atomic E-state index is 12.5. The highest BCUT2D eigenvalue weighted by molar-refractivity contribution is 6.23. The normalized spacial score (nSPS) is 16.0. The Morgan fingerprint density at radius 2 is 1.68 bits per heavy atom. The van der Waals surface area contributed by atoms with E-state index in [9.17, 15) is 14.4 Å². The number of rotatable bonds is 3. The fraction of sp³-hybridized carbons (Fsp3) is 0.167. The van der Waals surface area contributed by atoms with Crippen LogP contribution in [0.4, 0.5) is 5.69 Å². The molecule has 0 radical (unpaired) electrons. The Labute approximate surface area is 143 Å². The van der Waals surface area contributed by atoms with E-state index in [-0.39, 0.29) is 6.79 Å². The quantitative estimate of drug-likeness (QED) is 0.866. The lowest BCUT2D eigenvalue weighted by atomic mass is 10.1. The number of carbonyl (C=O) groups is 3. The molecule has 1 atom stereocenters. The number of hydrogen-bond donors (Lipinski definition) is 1. The van der Waals surface area contributed by atoms with Crippen LogP contribution in [0.2, 0.25) is 0 Å². The van der Waals surface area contributed by atoms with Crippen LogP contribution in [0.1, 0.15) is 27.6 Å². The van der Waals surface area contributed by atoms with Crippen LogP contribution < -0.4 is 14.8 Å². The van der Waals surface area contributed by atoms with Crippen molar-refractivity contribution in [1.82, 2.24) is 4.90 Å². The molecule has 1 N–H and O–H groups in total. The molecule has 0 bridgehead atoms. The predicted molar refractivity (Wildman–Crippen MR) is 87.6 cm³/mol. The summed E-state index contributed by atoms with van der Waals surface area (Å²) in [6.07, 6.45) is 0. The summed E-state index contributed by atoms with van der Waals surface area (Å²) in [5, 5.41) is 2.70. The van der Waals surface area contributed by atoms with E-state index < -0.39 is 23.8 Å². The molecule has 0 aromatic heterocycles. The average Bonchev–Trinajstić information content (AvgIpc) is 3.18. The molecule has 2 aromatic carbocycles. The lowest BCUT2D eigenvalue weighted by Gasteiger charge is -2.21. The van der Waals surface area contributed by atoms with E-state index in [2.05, 4.69) is 5.32 Å². The Hall–Kier alpha value is -3.35. The minimum atomic E-state index is -0.946. The zero-order chi connectivity index (χ0) is 17.6. The van der Waals surface area contributed by atoms with E-state index in [0.29, 0.717) is 28.3 Å². The first kappa shape index (κ1) is 15.2. The number of amides is 3. The Morgan fingerprint density at radius 1 is 1.04 bits per heavy atom. The Morgan fingerprint density at radius 3 is 2.36 bits per heavy atom. The molecule has 3 amide bonds. The summed E-state index contributed by atoms with van der Waals surface area (Å²) in [7, 11) is 0. The highest BCUT2D eigenvalue weighted by atomic mass is 16.7. The first-order valence-electron chi connectivity index (χ1n) is 7.73. The number of nitrogens with zero attached hydrogens (tertiary/aromatic N) is 1. The van der Waals surface area contributed by atoms with Crippen LogP contribution in [-0.2, 0) is 4.79 Å². The molecule has 2 heterocycles. The van der Waals surface area contributed by atoms with Gasteiger partial charge in [0.1, 0.15) is 6.04 Å². The monoisotopic (exact) mass is 338 g/mol. The molecule has 0 fully saturated rings. The van der Waals surface area contributed by atoms with Gasteiger partial charge in [-0.2, -0.15) is 0 Å². The lowest BCUT2D eigenvalue weighted by molar-refractivity contribution is -0.119.